The number of nitrogens with one attached hydrogen (secondary N) is 1. The lowest BCUT2D eigenvalue weighted by Crippen LogP contribution is -2.41. The number of hydrogen-bond acceptors (Lipinski definition) is 4. The second-order valence-electron chi connectivity index (χ2n) is 8.82. The Kier molecular flexibility index (Phi) is 9.18. The van der Waals surface area contributed by atoms with Crippen LogP contribution >= 0.6 is 11.6 Å². The van der Waals surface area contributed by atoms with Crippen LogP contribution in [0.25, 0.3) is 0 Å². The zero-order chi connectivity index (χ0) is 27.8. The van der Waals surface area contributed by atoms with Crippen LogP contribution in [0, 0.1) is 5.82 Å². The maximum atomic E-state index is 14.0. The number of methoxy groups -OCH3 is 2. The molecule has 0 fully saturated rings. The van der Waals surface area contributed by atoms with Crippen molar-refractivity contribution in [2.75, 3.05) is 19.5 Å². The smallest absolute Gasteiger partial charge is 0.251 e. The molecule has 4 aromatic carbocycles. The molecular weight excluding hydrogens is 519 g/mol. The first kappa shape index (κ1) is 27.7. The Morgan fingerprint density at radius 2 is 1.56 bits per heavy atom. The monoisotopic (exact) mass is 546 g/mol. The molecule has 39 heavy (non-hydrogen) atoms. The molecule has 4 rings (SSSR count). The zero-order valence-corrected chi connectivity index (χ0v) is 22.3. The minimum atomic E-state index is -1.08. The van der Waals surface area contributed by atoms with E-state index in [4.69, 9.17) is 21.1 Å². The average molecular weight is 547 g/mol. The van der Waals surface area contributed by atoms with E-state index in [2.05, 4.69) is 5.32 Å². The summed E-state index contributed by atoms with van der Waals surface area (Å²) in [6.07, 6.45) is 0.0747. The van der Waals surface area contributed by atoms with Crippen molar-refractivity contribution < 1.29 is 23.5 Å². The van der Waals surface area contributed by atoms with Crippen LogP contribution in [0.2, 0.25) is 5.02 Å². The van der Waals surface area contributed by atoms with Gasteiger partial charge in [-0.05, 0) is 53.1 Å². The summed E-state index contributed by atoms with van der Waals surface area (Å²) in [7, 11) is 3.02. The van der Waals surface area contributed by atoms with E-state index in [1.165, 1.54) is 43.4 Å². The number of rotatable bonds is 10. The Balaban J connectivity index is 1.75. The third kappa shape index (κ3) is 7.15. The maximum Gasteiger partial charge on any atom is 0.251 e. The van der Waals surface area contributed by atoms with Gasteiger partial charge in [0.2, 0.25) is 5.91 Å². The van der Waals surface area contributed by atoms with Crippen LogP contribution in [-0.2, 0) is 22.6 Å². The molecule has 1 N–H and O–H groups in total. The number of halogens is 2. The van der Waals surface area contributed by atoms with Gasteiger partial charge in [-0.3, -0.25) is 9.59 Å². The first-order valence-corrected chi connectivity index (χ1v) is 12.6. The third-order valence-corrected chi connectivity index (χ3v) is 6.45. The van der Waals surface area contributed by atoms with Crippen molar-refractivity contribution in [1.29, 1.82) is 0 Å². The van der Waals surface area contributed by atoms with Gasteiger partial charge in [0.15, 0.2) is 0 Å². The van der Waals surface area contributed by atoms with Crippen LogP contribution in [0.3, 0.4) is 0 Å². The van der Waals surface area contributed by atoms with Gasteiger partial charge in [-0.15, -0.1) is 0 Å². The molecule has 0 aliphatic carbocycles. The van der Waals surface area contributed by atoms with Gasteiger partial charge in [0, 0.05) is 17.6 Å². The van der Waals surface area contributed by atoms with Gasteiger partial charge in [0.05, 0.1) is 26.3 Å². The fourth-order valence-corrected chi connectivity index (χ4v) is 4.33. The lowest BCUT2D eigenvalue weighted by molar-refractivity contribution is -0.139. The van der Waals surface area contributed by atoms with Crippen molar-refractivity contribution in [3.8, 4) is 11.5 Å². The molecule has 1 unspecified atom stereocenters. The molecule has 6 nitrogen and oxygen atoms in total. The number of carbonyl (C=O) groups excluding carboxylic acids is 2. The standard InChI is InChI=1S/C31H28ClFN2O4/c1-38-26-16-17-27(28(19-26)39-2)34-31(37)30(23-10-14-25(33)15-11-23)35(20-22-8-12-24(32)13-9-22)29(36)18-21-6-4-3-5-7-21/h3-17,19,30H,18,20H2,1-2H3,(H,34,37). The van der Waals surface area contributed by atoms with Crippen molar-refractivity contribution >= 4 is 29.1 Å². The van der Waals surface area contributed by atoms with Crippen LogP contribution in [-0.4, -0.2) is 30.9 Å². The third-order valence-electron chi connectivity index (χ3n) is 6.20. The largest absolute Gasteiger partial charge is 0.497 e. The summed E-state index contributed by atoms with van der Waals surface area (Å²) in [6.45, 7) is 0.123. The molecule has 0 aliphatic rings. The zero-order valence-electron chi connectivity index (χ0n) is 21.6. The molecule has 200 valence electrons. The Labute approximate surface area is 231 Å². The van der Waals surface area contributed by atoms with Gasteiger partial charge < -0.3 is 19.7 Å². The molecule has 1 atom stereocenters. The molecule has 0 aliphatic heterocycles. The Bertz CT molecular complexity index is 1410. The molecule has 8 heteroatoms. The average Bonchev–Trinajstić information content (AvgIpc) is 2.95. The quantitative estimate of drug-likeness (QED) is 0.248. The molecule has 0 aromatic heterocycles. The topological polar surface area (TPSA) is 67.9 Å². The van der Waals surface area contributed by atoms with E-state index in [0.29, 0.717) is 27.8 Å². The van der Waals surface area contributed by atoms with Gasteiger partial charge in [-0.1, -0.05) is 66.2 Å². The van der Waals surface area contributed by atoms with Gasteiger partial charge in [-0.25, -0.2) is 4.39 Å². The fourth-order valence-electron chi connectivity index (χ4n) is 4.20. The minimum absolute atomic E-state index is 0.0747. The van der Waals surface area contributed by atoms with Gasteiger partial charge in [0.25, 0.3) is 5.91 Å². The Morgan fingerprint density at radius 1 is 0.872 bits per heavy atom. The number of amides is 2. The van der Waals surface area contributed by atoms with Crippen molar-refractivity contribution in [2.45, 2.75) is 19.0 Å². The molecule has 0 saturated heterocycles. The molecule has 0 saturated carbocycles. The summed E-state index contributed by atoms with van der Waals surface area (Å²) in [5, 5.41) is 3.45. The molecule has 0 radical (unpaired) electrons. The van der Waals surface area contributed by atoms with Crippen molar-refractivity contribution in [3.05, 3.63) is 125 Å². The van der Waals surface area contributed by atoms with E-state index in [0.717, 1.165) is 11.1 Å². The van der Waals surface area contributed by atoms with Crippen molar-refractivity contribution in [3.63, 3.8) is 0 Å². The number of anilines is 1. The minimum Gasteiger partial charge on any atom is -0.497 e. The first-order chi connectivity index (χ1) is 18.9. The van der Waals surface area contributed by atoms with E-state index < -0.39 is 17.8 Å². The van der Waals surface area contributed by atoms with Crippen LogP contribution in [0.4, 0.5) is 10.1 Å². The highest BCUT2D eigenvalue weighted by atomic mass is 35.5. The van der Waals surface area contributed by atoms with Gasteiger partial charge >= 0.3 is 0 Å². The molecule has 2 amide bonds. The number of ether oxygens (including phenoxy) is 2. The fraction of sp³-hybridized carbons (Fsp3) is 0.161. The summed E-state index contributed by atoms with van der Waals surface area (Å²) < 4.78 is 24.6. The summed E-state index contributed by atoms with van der Waals surface area (Å²) >= 11 is 6.08. The number of carbonyl (C=O) groups is 2. The van der Waals surface area contributed by atoms with E-state index in [9.17, 15) is 14.0 Å². The van der Waals surface area contributed by atoms with Crippen molar-refractivity contribution in [1.82, 2.24) is 4.90 Å². The lowest BCUT2D eigenvalue weighted by Gasteiger charge is -2.32. The number of benzene rings is 4. The molecule has 4 aromatic rings. The van der Waals surface area contributed by atoms with Gasteiger partial charge in [-0.2, -0.15) is 0 Å². The van der Waals surface area contributed by atoms with Gasteiger partial charge in [0.1, 0.15) is 23.4 Å². The second-order valence-corrected chi connectivity index (χ2v) is 9.26. The van der Waals surface area contributed by atoms with E-state index >= 15 is 0 Å². The predicted molar refractivity (Wildman–Crippen MR) is 149 cm³/mol. The normalized spacial score (nSPS) is 11.4. The molecular formula is C31H28ClFN2O4. The van der Waals surface area contributed by atoms with E-state index in [-0.39, 0.29) is 18.9 Å². The Hall–Kier alpha value is -4.36. The highest BCUT2D eigenvalue weighted by Gasteiger charge is 2.32. The summed E-state index contributed by atoms with van der Waals surface area (Å²) in [6, 6.07) is 25.8. The maximum absolute atomic E-state index is 14.0. The predicted octanol–water partition coefficient (Wildman–Crippen LogP) is 6.45. The molecule has 0 spiro atoms. The van der Waals surface area contributed by atoms with Crippen LogP contribution < -0.4 is 14.8 Å². The molecule has 0 bridgehead atoms. The SMILES string of the molecule is COc1ccc(NC(=O)C(c2ccc(F)cc2)N(Cc2ccc(Cl)cc2)C(=O)Cc2ccccc2)c(OC)c1. The van der Waals surface area contributed by atoms with Crippen LogP contribution in [0.1, 0.15) is 22.7 Å². The van der Waals surface area contributed by atoms with Crippen molar-refractivity contribution in [2.24, 2.45) is 0 Å². The summed E-state index contributed by atoms with van der Waals surface area (Å²) in [5.74, 6) is -0.264. The second kappa shape index (κ2) is 12.9. The summed E-state index contributed by atoms with van der Waals surface area (Å²) in [4.78, 5) is 29.3. The number of nitrogens with zero attached hydrogens (tertiary/aromatic N) is 1. The lowest BCUT2D eigenvalue weighted by atomic mass is 10.0. The Morgan fingerprint density at radius 3 is 2.21 bits per heavy atom. The summed E-state index contributed by atoms with van der Waals surface area (Å²) in [5.41, 5.74) is 2.44. The van der Waals surface area contributed by atoms with E-state index in [1.807, 2.05) is 30.3 Å². The highest BCUT2D eigenvalue weighted by Crippen LogP contribution is 2.32. The highest BCUT2D eigenvalue weighted by molar-refractivity contribution is 6.30. The number of hydrogen-bond donors (Lipinski definition) is 1. The first-order valence-electron chi connectivity index (χ1n) is 12.2. The van der Waals surface area contributed by atoms with E-state index in [1.54, 1.807) is 42.5 Å². The van der Waals surface area contributed by atoms with Crippen LogP contribution in [0.15, 0.2) is 97.1 Å². The van der Waals surface area contributed by atoms with Crippen LogP contribution in [0.5, 0.6) is 11.5 Å². The molecule has 0 heterocycles.